The van der Waals surface area contributed by atoms with Crippen LogP contribution < -0.4 is 10.5 Å². The smallest absolute Gasteiger partial charge is 0.250 e. The normalized spacial score (nSPS) is 17.6. The van der Waals surface area contributed by atoms with Crippen molar-refractivity contribution in [1.29, 1.82) is 0 Å². The van der Waals surface area contributed by atoms with Crippen molar-refractivity contribution in [3.63, 3.8) is 0 Å². The zero-order valence-electron chi connectivity index (χ0n) is 11.3. The lowest BCUT2D eigenvalue weighted by molar-refractivity contribution is 0.100. The second-order valence-electron chi connectivity index (χ2n) is 4.89. The van der Waals surface area contributed by atoms with E-state index in [1.165, 1.54) is 11.4 Å². The fourth-order valence-corrected chi connectivity index (χ4v) is 4.64. The van der Waals surface area contributed by atoms with Crippen LogP contribution in [0.15, 0.2) is 27.3 Å². The van der Waals surface area contributed by atoms with Crippen LogP contribution in [0.5, 0.6) is 0 Å². The lowest BCUT2D eigenvalue weighted by atomic mass is 9.95. The number of allylic oxidation sites excluding steroid dienone is 1. The molecule has 1 amide bonds. The Labute approximate surface area is 122 Å². The Balaban J connectivity index is 2.13. The summed E-state index contributed by atoms with van der Waals surface area (Å²) in [7, 11) is -3.60. The number of rotatable bonds is 5. The monoisotopic (exact) mass is 314 g/mol. The van der Waals surface area contributed by atoms with E-state index in [9.17, 15) is 13.2 Å². The second kappa shape index (κ2) is 6.07. The summed E-state index contributed by atoms with van der Waals surface area (Å²) in [5.74, 6) is -0.620. The zero-order chi connectivity index (χ0) is 14.8. The van der Waals surface area contributed by atoms with Crippen molar-refractivity contribution in [1.82, 2.24) is 4.72 Å². The van der Waals surface area contributed by atoms with Crippen LogP contribution in [0, 0.1) is 0 Å². The molecule has 110 valence electrons. The highest BCUT2D eigenvalue weighted by Gasteiger charge is 2.22. The van der Waals surface area contributed by atoms with Crippen LogP contribution in [-0.2, 0) is 10.0 Å². The van der Waals surface area contributed by atoms with Gasteiger partial charge in [-0.25, -0.2) is 13.1 Å². The Morgan fingerprint density at radius 2 is 2.20 bits per heavy atom. The summed E-state index contributed by atoms with van der Waals surface area (Å²) in [5, 5.41) is 1.46. The molecule has 0 saturated heterocycles. The zero-order valence-corrected chi connectivity index (χ0v) is 12.9. The first-order chi connectivity index (χ1) is 9.40. The molecular formula is C13H18N2O3S2. The fraction of sp³-hybridized carbons (Fsp3) is 0.462. The molecule has 20 heavy (non-hydrogen) atoms. The summed E-state index contributed by atoms with van der Waals surface area (Å²) in [6.45, 7) is 1.84. The maximum atomic E-state index is 12.2. The average Bonchev–Trinajstić information content (AvgIpc) is 2.90. The molecule has 0 aromatic carbocycles. The van der Waals surface area contributed by atoms with Crippen LogP contribution >= 0.6 is 11.3 Å². The maximum absolute atomic E-state index is 12.2. The van der Waals surface area contributed by atoms with Crippen LogP contribution in [0.4, 0.5) is 0 Å². The molecule has 1 unspecified atom stereocenters. The van der Waals surface area contributed by atoms with Crippen LogP contribution in [0.25, 0.3) is 0 Å². The van der Waals surface area contributed by atoms with Gasteiger partial charge in [0.2, 0.25) is 5.91 Å². The van der Waals surface area contributed by atoms with Crippen molar-refractivity contribution in [3.8, 4) is 0 Å². The Morgan fingerprint density at radius 3 is 2.75 bits per heavy atom. The van der Waals surface area contributed by atoms with E-state index in [0.29, 0.717) is 0 Å². The largest absolute Gasteiger partial charge is 0.366 e. The minimum absolute atomic E-state index is 0.120. The highest BCUT2D eigenvalue weighted by molar-refractivity contribution is 7.91. The first-order valence-electron chi connectivity index (χ1n) is 6.50. The highest BCUT2D eigenvalue weighted by Crippen LogP contribution is 2.24. The molecule has 1 heterocycles. The molecule has 3 N–H and O–H groups in total. The average molecular weight is 314 g/mol. The highest BCUT2D eigenvalue weighted by atomic mass is 32.2. The molecular weight excluding hydrogens is 296 g/mol. The maximum Gasteiger partial charge on any atom is 0.250 e. The van der Waals surface area contributed by atoms with Crippen LogP contribution in [-0.4, -0.2) is 20.4 Å². The molecule has 5 nitrogen and oxygen atoms in total. The molecule has 1 aromatic rings. The van der Waals surface area contributed by atoms with Gasteiger partial charge in [-0.2, -0.15) is 0 Å². The predicted molar refractivity (Wildman–Crippen MR) is 79.2 cm³/mol. The molecule has 0 spiro atoms. The van der Waals surface area contributed by atoms with E-state index in [0.717, 1.165) is 42.6 Å². The minimum Gasteiger partial charge on any atom is -0.366 e. The summed E-state index contributed by atoms with van der Waals surface area (Å²) in [4.78, 5) is 11.0. The third-order valence-electron chi connectivity index (χ3n) is 3.34. The van der Waals surface area contributed by atoms with Gasteiger partial charge in [-0.3, -0.25) is 4.79 Å². The Bertz CT molecular complexity index is 632. The number of carbonyl (C=O) groups is 1. The number of amides is 1. The molecule has 0 aliphatic heterocycles. The van der Waals surface area contributed by atoms with Gasteiger partial charge in [-0.1, -0.05) is 11.6 Å². The number of nitrogens with two attached hydrogens (primary N) is 1. The molecule has 1 atom stereocenters. The Morgan fingerprint density at radius 1 is 1.45 bits per heavy atom. The standard InChI is InChI=1S/C13H18N2O3S2/c1-9(10-5-3-2-4-6-10)15-20(17,18)12-7-11(8-19-12)13(14)16/h5,7-9,15H,2-4,6H2,1H3,(H2,14,16). The number of nitrogens with one attached hydrogen (secondary N) is 1. The van der Waals surface area contributed by atoms with Crippen LogP contribution in [0.3, 0.4) is 0 Å². The van der Waals surface area contributed by atoms with Crippen molar-refractivity contribution in [3.05, 3.63) is 28.7 Å². The molecule has 0 saturated carbocycles. The van der Waals surface area contributed by atoms with E-state index < -0.39 is 15.9 Å². The van der Waals surface area contributed by atoms with Crippen molar-refractivity contribution in [2.75, 3.05) is 0 Å². The summed E-state index contributed by atoms with van der Waals surface area (Å²) in [6, 6.07) is 1.09. The molecule has 1 aliphatic rings. The second-order valence-corrected chi connectivity index (χ2v) is 7.74. The molecule has 7 heteroatoms. The van der Waals surface area contributed by atoms with Gasteiger partial charge in [0.25, 0.3) is 10.0 Å². The number of hydrogen-bond donors (Lipinski definition) is 2. The number of sulfonamides is 1. The molecule has 2 rings (SSSR count). The van der Waals surface area contributed by atoms with Crippen molar-refractivity contribution in [2.45, 2.75) is 42.9 Å². The number of primary amides is 1. The van der Waals surface area contributed by atoms with Gasteiger partial charge in [0.05, 0.1) is 5.56 Å². The van der Waals surface area contributed by atoms with Gasteiger partial charge in [-0.15, -0.1) is 11.3 Å². The Hall–Kier alpha value is -1.18. The van der Waals surface area contributed by atoms with Crippen molar-refractivity contribution >= 4 is 27.3 Å². The fourth-order valence-electron chi connectivity index (χ4n) is 2.21. The van der Waals surface area contributed by atoms with E-state index in [1.807, 2.05) is 6.92 Å². The van der Waals surface area contributed by atoms with E-state index in [1.54, 1.807) is 0 Å². The topological polar surface area (TPSA) is 89.3 Å². The number of hydrogen-bond acceptors (Lipinski definition) is 4. The van der Waals surface area contributed by atoms with Gasteiger partial charge in [0.1, 0.15) is 4.21 Å². The van der Waals surface area contributed by atoms with E-state index in [4.69, 9.17) is 5.73 Å². The molecule has 1 aliphatic carbocycles. The van der Waals surface area contributed by atoms with Gasteiger partial charge >= 0.3 is 0 Å². The lowest BCUT2D eigenvalue weighted by Gasteiger charge is -2.20. The summed E-state index contributed by atoms with van der Waals surface area (Å²) < 4.78 is 27.3. The number of carbonyl (C=O) groups excluding carboxylic acids is 1. The van der Waals surface area contributed by atoms with Gasteiger partial charge in [0, 0.05) is 11.4 Å². The van der Waals surface area contributed by atoms with Crippen LogP contribution in [0.1, 0.15) is 43.0 Å². The first-order valence-corrected chi connectivity index (χ1v) is 8.86. The SMILES string of the molecule is CC(NS(=O)(=O)c1cc(C(N)=O)cs1)C1=CCCCC1. The molecule has 1 aromatic heterocycles. The van der Waals surface area contributed by atoms with Crippen molar-refractivity contribution in [2.24, 2.45) is 5.73 Å². The Kier molecular flexibility index (Phi) is 4.62. The third kappa shape index (κ3) is 3.47. The summed E-state index contributed by atoms with van der Waals surface area (Å²) in [6.07, 6.45) is 6.31. The lowest BCUT2D eigenvalue weighted by Crippen LogP contribution is -2.34. The minimum atomic E-state index is -3.60. The van der Waals surface area contributed by atoms with Gasteiger partial charge in [0.15, 0.2) is 0 Å². The molecule has 0 fully saturated rings. The van der Waals surface area contributed by atoms with Gasteiger partial charge in [-0.05, 0) is 38.7 Å². The summed E-state index contributed by atoms with van der Waals surface area (Å²) in [5.41, 5.74) is 6.49. The van der Waals surface area contributed by atoms with E-state index in [-0.39, 0.29) is 15.8 Å². The quantitative estimate of drug-likeness (QED) is 0.815. The summed E-state index contributed by atoms with van der Waals surface area (Å²) >= 11 is 1.00. The third-order valence-corrected chi connectivity index (χ3v) is 6.32. The van der Waals surface area contributed by atoms with Gasteiger partial charge < -0.3 is 5.73 Å². The number of thiophene rings is 1. The van der Waals surface area contributed by atoms with E-state index >= 15 is 0 Å². The predicted octanol–water partition coefficient (Wildman–Crippen LogP) is 2.01. The molecule has 0 bridgehead atoms. The van der Waals surface area contributed by atoms with E-state index in [2.05, 4.69) is 10.8 Å². The van der Waals surface area contributed by atoms with Crippen LogP contribution in [0.2, 0.25) is 0 Å². The first kappa shape index (κ1) is 15.2. The molecule has 0 radical (unpaired) electrons. The van der Waals surface area contributed by atoms with Crippen molar-refractivity contribution < 1.29 is 13.2 Å².